The molecular weight excluding hydrogens is 404 g/mol. The van der Waals surface area contributed by atoms with Crippen LogP contribution in [0.5, 0.6) is 0 Å². The Hall–Kier alpha value is -3.68. The monoisotopic (exact) mass is 430 g/mol. The molecule has 0 aliphatic carbocycles. The number of piperidine rings is 1. The Morgan fingerprint density at radius 3 is 1.97 bits per heavy atom. The number of amides is 2. The molecule has 1 fully saturated rings. The summed E-state index contributed by atoms with van der Waals surface area (Å²) in [7, 11) is 1.86. The number of hydrogen-bond donors (Lipinski definition) is 0. The number of hydrogen-bond acceptors (Lipinski definition) is 6. The molecule has 1 aliphatic rings. The zero-order valence-corrected chi connectivity index (χ0v) is 18.1. The van der Waals surface area contributed by atoms with Gasteiger partial charge in [0.05, 0.1) is 18.4 Å². The molecule has 4 rings (SSSR count). The van der Waals surface area contributed by atoms with Crippen molar-refractivity contribution in [3.63, 3.8) is 0 Å². The van der Waals surface area contributed by atoms with Gasteiger partial charge in [0.2, 0.25) is 11.8 Å². The highest BCUT2D eigenvalue weighted by molar-refractivity contribution is 5.80. The SMILES string of the molecule is CN(C(=O)Cc1cncnc1)C1(c2ccccc2)CCN(C(=O)Cc2cncnc2)CC1. The highest BCUT2D eigenvalue weighted by Crippen LogP contribution is 2.38. The molecule has 2 aromatic heterocycles. The van der Waals surface area contributed by atoms with Gasteiger partial charge in [0.1, 0.15) is 12.7 Å². The fraction of sp³-hybridized carbons (Fsp3) is 0.333. The van der Waals surface area contributed by atoms with E-state index >= 15 is 0 Å². The average Bonchev–Trinajstić information content (AvgIpc) is 2.85. The van der Waals surface area contributed by atoms with Crippen LogP contribution < -0.4 is 0 Å². The zero-order chi connectivity index (χ0) is 22.4. The van der Waals surface area contributed by atoms with Gasteiger partial charge in [-0.05, 0) is 29.5 Å². The summed E-state index contributed by atoms with van der Waals surface area (Å²) < 4.78 is 0. The van der Waals surface area contributed by atoms with Crippen molar-refractivity contribution in [3.05, 3.63) is 84.5 Å². The van der Waals surface area contributed by atoms with Crippen molar-refractivity contribution < 1.29 is 9.59 Å². The summed E-state index contributed by atoms with van der Waals surface area (Å²) in [5.41, 5.74) is 2.20. The van der Waals surface area contributed by atoms with Crippen LogP contribution in [0.1, 0.15) is 29.5 Å². The fourth-order valence-corrected chi connectivity index (χ4v) is 4.35. The highest BCUT2D eigenvalue weighted by atomic mass is 16.2. The third-order valence-corrected chi connectivity index (χ3v) is 6.21. The summed E-state index contributed by atoms with van der Waals surface area (Å²) in [6.07, 6.45) is 11.4. The first-order valence-corrected chi connectivity index (χ1v) is 10.7. The Balaban J connectivity index is 1.51. The lowest BCUT2D eigenvalue weighted by Crippen LogP contribution is -2.55. The highest BCUT2D eigenvalue weighted by Gasteiger charge is 2.42. The van der Waals surface area contributed by atoms with E-state index in [1.807, 2.05) is 35.0 Å². The van der Waals surface area contributed by atoms with Crippen molar-refractivity contribution in [1.82, 2.24) is 29.7 Å². The predicted molar refractivity (Wildman–Crippen MR) is 118 cm³/mol. The Morgan fingerprint density at radius 2 is 1.41 bits per heavy atom. The van der Waals surface area contributed by atoms with E-state index in [1.165, 1.54) is 12.7 Å². The number of nitrogens with zero attached hydrogens (tertiary/aromatic N) is 6. The number of aromatic nitrogens is 4. The summed E-state index contributed by atoms with van der Waals surface area (Å²) in [6, 6.07) is 10.1. The number of carbonyl (C=O) groups excluding carboxylic acids is 2. The number of carbonyl (C=O) groups is 2. The molecule has 164 valence electrons. The Labute approximate surface area is 187 Å². The number of likely N-dealkylation sites (tertiary alicyclic amines) is 1. The maximum Gasteiger partial charge on any atom is 0.227 e. The molecule has 0 saturated carbocycles. The summed E-state index contributed by atoms with van der Waals surface area (Å²) in [5, 5.41) is 0. The standard InChI is InChI=1S/C24H26N6O2/c1-29(22(31)11-19-13-25-17-26-14-19)24(21-5-3-2-4-6-21)7-9-30(10-8-24)23(32)12-20-15-27-18-28-16-20/h2-6,13-18H,7-12H2,1H3. The molecule has 32 heavy (non-hydrogen) atoms. The molecule has 1 aliphatic heterocycles. The van der Waals surface area contributed by atoms with Gasteiger partial charge in [-0.15, -0.1) is 0 Å². The first kappa shape index (κ1) is 21.5. The van der Waals surface area contributed by atoms with Crippen LogP contribution in [-0.2, 0) is 28.0 Å². The number of rotatable bonds is 6. The van der Waals surface area contributed by atoms with Gasteiger partial charge in [0.15, 0.2) is 0 Å². The lowest BCUT2D eigenvalue weighted by molar-refractivity contribution is -0.140. The van der Waals surface area contributed by atoms with Crippen LogP contribution in [0.15, 0.2) is 67.8 Å². The Kier molecular flexibility index (Phi) is 6.49. The van der Waals surface area contributed by atoms with Crippen molar-refractivity contribution in [2.75, 3.05) is 20.1 Å². The molecule has 8 heteroatoms. The molecule has 0 unspecified atom stereocenters. The van der Waals surface area contributed by atoms with Crippen LogP contribution in [0.4, 0.5) is 0 Å². The van der Waals surface area contributed by atoms with Crippen LogP contribution in [0.3, 0.4) is 0 Å². The first-order valence-electron chi connectivity index (χ1n) is 10.7. The predicted octanol–water partition coefficient (Wildman–Crippen LogP) is 2.03. The second-order valence-corrected chi connectivity index (χ2v) is 8.08. The van der Waals surface area contributed by atoms with Crippen LogP contribution in [0.2, 0.25) is 0 Å². The average molecular weight is 431 g/mol. The molecule has 3 heterocycles. The van der Waals surface area contributed by atoms with Crippen molar-refractivity contribution >= 4 is 11.8 Å². The summed E-state index contributed by atoms with van der Waals surface area (Å²) >= 11 is 0. The molecule has 2 amide bonds. The second-order valence-electron chi connectivity index (χ2n) is 8.08. The molecule has 8 nitrogen and oxygen atoms in total. The topological polar surface area (TPSA) is 92.2 Å². The van der Waals surface area contributed by atoms with E-state index in [2.05, 4.69) is 32.1 Å². The Morgan fingerprint density at radius 1 is 0.875 bits per heavy atom. The van der Waals surface area contributed by atoms with Crippen LogP contribution in [0.25, 0.3) is 0 Å². The first-order chi connectivity index (χ1) is 15.6. The van der Waals surface area contributed by atoms with Gasteiger partial charge in [0, 0.05) is 44.9 Å². The minimum absolute atomic E-state index is 0.00450. The van der Waals surface area contributed by atoms with Crippen molar-refractivity contribution in [2.24, 2.45) is 0 Å². The van der Waals surface area contributed by atoms with Gasteiger partial charge in [0.25, 0.3) is 0 Å². The van der Waals surface area contributed by atoms with E-state index in [1.54, 1.807) is 24.8 Å². The molecule has 0 N–H and O–H groups in total. The molecule has 1 saturated heterocycles. The maximum absolute atomic E-state index is 13.2. The minimum Gasteiger partial charge on any atom is -0.342 e. The molecule has 3 aromatic rings. The van der Waals surface area contributed by atoms with Gasteiger partial charge >= 0.3 is 0 Å². The fourth-order valence-electron chi connectivity index (χ4n) is 4.35. The van der Waals surface area contributed by atoms with E-state index in [0.717, 1.165) is 16.7 Å². The smallest absolute Gasteiger partial charge is 0.227 e. The van der Waals surface area contributed by atoms with E-state index in [4.69, 9.17) is 0 Å². The third-order valence-electron chi connectivity index (χ3n) is 6.21. The lowest BCUT2D eigenvalue weighted by Gasteiger charge is -2.48. The van der Waals surface area contributed by atoms with Gasteiger partial charge < -0.3 is 9.80 Å². The van der Waals surface area contributed by atoms with E-state index in [0.29, 0.717) is 25.9 Å². The van der Waals surface area contributed by atoms with Crippen molar-refractivity contribution in [2.45, 2.75) is 31.2 Å². The molecular formula is C24H26N6O2. The quantitative estimate of drug-likeness (QED) is 0.594. The molecule has 0 spiro atoms. The third kappa shape index (κ3) is 4.64. The molecule has 0 bridgehead atoms. The van der Waals surface area contributed by atoms with E-state index < -0.39 is 5.54 Å². The Bertz CT molecular complexity index is 1040. The van der Waals surface area contributed by atoms with E-state index in [9.17, 15) is 9.59 Å². The molecule has 1 aromatic carbocycles. The minimum atomic E-state index is -0.472. The van der Waals surface area contributed by atoms with E-state index in [-0.39, 0.29) is 24.7 Å². The molecule has 0 radical (unpaired) electrons. The largest absolute Gasteiger partial charge is 0.342 e. The lowest BCUT2D eigenvalue weighted by atomic mass is 9.79. The summed E-state index contributed by atoms with van der Waals surface area (Å²) in [6.45, 7) is 1.15. The zero-order valence-electron chi connectivity index (χ0n) is 18.1. The van der Waals surface area contributed by atoms with Gasteiger partial charge in [-0.25, -0.2) is 19.9 Å². The van der Waals surface area contributed by atoms with Gasteiger partial charge in [-0.3, -0.25) is 9.59 Å². The van der Waals surface area contributed by atoms with Crippen molar-refractivity contribution in [3.8, 4) is 0 Å². The van der Waals surface area contributed by atoms with Crippen LogP contribution in [-0.4, -0.2) is 61.7 Å². The number of benzene rings is 1. The second kappa shape index (κ2) is 9.64. The summed E-state index contributed by atoms with van der Waals surface area (Å²) in [5.74, 6) is 0.0572. The van der Waals surface area contributed by atoms with Gasteiger partial charge in [-0.1, -0.05) is 30.3 Å². The summed E-state index contributed by atoms with van der Waals surface area (Å²) in [4.78, 5) is 45.8. The normalized spacial score (nSPS) is 15.2. The van der Waals surface area contributed by atoms with Crippen LogP contribution in [0, 0.1) is 0 Å². The van der Waals surface area contributed by atoms with Crippen LogP contribution >= 0.6 is 0 Å². The molecule has 0 atom stereocenters. The van der Waals surface area contributed by atoms with Crippen molar-refractivity contribution in [1.29, 1.82) is 0 Å². The van der Waals surface area contributed by atoms with Gasteiger partial charge in [-0.2, -0.15) is 0 Å². The maximum atomic E-state index is 13.2. The number of likely N-dealkylation sites (N-methyl/N-ethyl adjacent to an activating group) is 1.